The van der Waals surface area contributed by atoms with E-state index in [0.29, 0.717) is 12.8 Å². The summed E-state index contributed by atoms with van der Waals surface area (Å²) in [5.74, 6) is -1.39. The second kappa shape index (κ2) is 5.56. The van der Waals surface area contributed by atoms with Crippen LogP contribution in [0.5, 0.6) is 0 Å². The molecule has 1 aliphatic rings. The maximum absolute atomic E-state index is 12.1. The zero-order chi connectivity index (χ0) is 14.8. The summed E-state index contributed by atoms with van der Waals surface area (Å²) in [6, 6.07) is 4.05. The Morgan fingerprint density at radius 2 is 2.20 bits per heavy atom. The number of carboxylic acid groups (broad SMARTS) is 1. The van der Waals surface area contributed by atoms with Crippen molar-refractivity contribution in [2.45, 2.75) is 30.2 Å². The van der Waals surface area contributed by atoms with Gasteiger partial charge >= 0.3 is 5.97 Å². The van der Waals surface area contributed by atoms with Crippen LogP contribution in [0.3, 0.4) is 0 Å². The van der Waals surface area contributed by atoms with Gasteiger partial charge in [0.1, 0.15) is 16.7 Å². The van der Waals surface area contributed by atoms with Gasteiger partial charge < -0.3 is 5.11 Å². The van der Waals surface area contributed by atoms with Gasteiger partial charge in [0.2, 0.25) is 10.0 Å². The fraction of sp³-hybridized carbons (Fsp3) is 0.417. The molecule has 0 aromatic carbocycles. The summed E-state index contributed by atoms with van der Waals surface area (Å²) in [6.45, 7) is 0. The molecule has 1 heterocycles. The molecular formula is C12H13N3O4S. The molecule has 2 N–H and O–H groups in total. The van der Waals surface area contributed by atoms with E-state index in [9.17, 15) is 13.2 Å². The molecule has 20 heavy (non-hydrogen) atoms. The lowest BCUT2D eigenvalue weighted by molar-refractivity contribution is -0.141. The van der Waals surface area contributed by atoms with Crippen LogP contribution in [0.1, 0.15) is 25.0 Å². The molecule has 2 rings (SSSR count). The van der Waals surface area contributed by atoms with E-state index in [1.807, 2.05) is 0 Å². The average molecular weight is 295 g/mol. The number of nitriles is 1. The Labute approximate surface area is 116 Å². The molecule has 0 bridgehead atoms. The molecule has 1 aromatic heterocycles. The molecule has 0 spiro atoms. The standard InChI is InChI=1S/C12H13N3O4S/c13-6-10-3-4-11(7-14-10)20(18,19)15-9-2-1-8(5-9)12(16)17/h3-4,7-9,15H,1-2,5H2,(H,16,17). The number of nitrogens with zero attached hydrogens (tertiary/aromatic N) is 2. The number of aromatic nitrogens is 1. The molecule has 0 amide bonds. The first-order valence-corrected chi connectivity index (χ1v) is 7.52. The van der Waals surface area contributed by atoms with Crippen LogP contribution in [0.15, 0.2) is 23.2 Å². The number of pyridine rings is 1. The van der Waals surface area contributed by atoms with E-state index in [1.165, 1.54) is 12.1 Å². The van der Waals surface area contributed by atoms with Gasteiger partial charge in [0.15, 0.2) is 0 Å². The second-order valence-electron chi connectivity index (χ2n) is 4.66. The third-order valence-corrected chi connectivity index (χ3v) is 4.77. The van der Waals surface area contributed by atoms with Gasteiger partial charge in [-0.2, -0.15) is 5.26 Å². The van der Waals surface area contributed by atoms with Crippen LogP contribution in [-0.2, 0) is 14.8 Å². The van der Waals surface area contributed by atoms with Gasteiger partial charge in [-0.15, -0.1) is 0 Å². The van der Waals surface area contributed by atoms with Crippen LogP contribution in [0, 0.1) is 17.2 Å². The van der Waals surface area contributed by atoms with Crippen LogP contribution < -0.4 is 4.72 Å². The number of hydrogen-bond acceptors (Lipinski definition) is 5. The quantitative estimate of drug-likeness (QED) is 0.833. The van der Waals surface area contributed by atoms with E-state index in [2.05, 4.69) is 9.71 Å². The zero-order valence-electron chi connectivity index (χ0n) is 10.5. The Morgan fingerprint density at radius 1 is 1.45 bits per heavy atom. The van der Waals surface area contributed by atoms with Gasteiger partial charge in [-0.3, -0.25) is 4.79 Å². The lowest BCUT2D eigenvalue weighted by Gasteiger charge is -2.12. The lowest BCUT2D eigenvalue weighted by Crippen LogP contribution is -2.33. The highest BCUT2D eigenvalue weighted by Gasteiger charge is 2.32. The maximum Gasteiger partial charge on any atom is 0.306 e. The molecule has 2 atom stereocenters. The predicted molar refractivity (Wildman–Crippen MR) is 68.0 cm³/mol. The van der Waals surface area contributed by atoms with E-state index in [-0.39, 0.29) is 23.1 Å². The third-order valence-electron chi connectivity index (χ3n) is 3.26. The summed E-state index contributed by atoms with van der Waals surface area (Å²) in [5, 5.41) is 17.5. The first-order valence-electron chi connectivity index (χ1n) is 6.03. The molecule has 106 valence electrons. The maximum atomic E-state index is 12.1. The van der Waals surface area contributed by atoms with Crippen molar-refractivity contribution in [2.75, 3.05) is 0 Å². The molecule has 1 aliphatic carbocycles. The highest BCUT2D eigenvalue weighted by atomic mass is 32.2. The number of carbonyl (C=O) groups is 1. The van der Waals surface area contributed by atoms with E-state index >= 15 is 0 Å². The van der Waals surface area contributed by atoms with Gasteiger partial charge in [0.25, 0.3) is 0 Å². The van der Waals surface area contributed by atoms with Gasteiger partial charge in [-0.05, 0) is 31.4 Å². The van der Waals surface area contributed by atoms with Crippen molar-refractivity contribution in [3.63, 3.8) is 0 Å². The summed E-state index contributed by atoms with van der Waals surface area (Å²) in [6.07, 6.45) is 2.37. The van der Waals surface area contributed by atoms with Crippen LogP contribution in [0.4, 0.5) is 0 Å². The zero-order valence-corrected chi connectivity index (χ0v) is 11.3. The third kappa shape index (κ3) is 3.12. The van der Waals surface area contributed by atoms with Crippen LogP contribution >= 0.6 is 0 Å². The van der Waals surface area contributed by atoms with Gasteiger partial charge in [0.05, 0.1) is 5.92 Å². The Hall–Kier alpha value is -1.98. The summed E-state index contributed by atoms with van der Waals surface area (Å²) in [4.78, 5) is 14.5. The van der Waals surface area contributed by atoms with Crippen LogP contribution in [0.2, 0.25) is 0 Å². The minimum absolute atomic E-state index is 0.0322. The fourth-order valence-electron chi connectivity index (χ4n) is 2.21. The number of carboxylic acids is 1. The van der Waals surface area contributed by atoms with Crippen LogP contribution in [0.25, 0.3) is 0 Å². The molecule has 0 radical (unpaired) electrons. The van der Waals surface area contributed by atoms with Crippen molar-refractivity contribution in [3.8, 4) is 6.07 Å². The van der Waals surface area contributed by atoms with Crippen molar-refractivity contribution < 1.29 is 18.3 Å². The van der Waals surface area contributed by atoms with Crippen molar-refractivity contribution in [2.24, 2.45) is 5.92 Å². The molecule has 1 aromatic rings. The molecule has 8 heteroatoms. The molecule has 0 aliphatic heterocycles. The number of rotatable bonds is 4. The molecular weight excluding hydrogens is 282 g/mol. The molecule has 7 nitrogen and oxygen atoms in total. The summed E-state index contributed by atoms with van der Waals surface area (Å²) < 4.78 is 26.6. The topological polar surface area (TPSA) is 120 Å². The van der Waals surface area contributed by atoms with Crippen molar-refractivity contribution in [1.29, 1.82) is 5.26 Å². The number of aliphatic carboxylic acids is 1. The summed E-state index contributed by atoms with van der Waals surface area (Å²) in [5.41, 5.74) is 0.135. The van der Waals surface area contributed by atoms with Gasteiger partial charge in [-0.1, -0.05) is 0 Å². The largest absolute Gasteiger partial charge is 0.481 e. The average Bonchev–Trinajstić information content (AvgIpc) is 2.87. The Morgan fingerprint density at radius 3 is 2.70 bits per heavy atom. The van der Waals surface area contributed by atoms with E-state index in [4.69, 9.17) is 10.4 Å². The highest BCUT2D eigenvalue weighted by molar-refractivity contribution is 7.89. The van der Waals surface area contributed by atoms with E-state index in [0.717, 1.165) is 6.20 Å². The van der Waals surface area contributed by atoms with Gasteiger partial charge in [0, 0.05) is 12.2 Å². The van der Waals surface area contributed by atoms with Crippen molar-refractivity contribution >= 4 is 16.0 Å². The Kier molecular flexibility index (Phi) is 4.01. The smallest absolute Gasteiger partial charge is 0.306 e. The first kappa shape index (κ1) is 14.4. The van der Waals surface area contributed by atoms with Gasteiger partial charge in [-0.25, -0.2) is 18.1 Å². The summed E-state index contributed by atoms with van der Waals surface area (Å²) >= 11 is 0. The van der Waals surface area contributed by atoms with Crippen LogP contribution in [-0.4, -0.2) is 30.5 Å². The number of nitrogens with one attached hydrogen (secondary N) is 1. The lowest BCUT2D eigenvalue weighted by atomic mass is 10.1. The van der Waals surface area contributed by atoms with Crippen molar-refractivity contribution in [1.82, 2.24) is 9.71 Å². The van der Waals surface area contributed by atoms with Crippen molar-refractivity contribution in [3.05, 3.63) is 24.0 Å². The number of sulfonamides is 1. The first-order chi connectivity index (χ1) is 9.42. The Balaban J connectivity index is 2.08. The second-order valence-corrected chi connectivity index (χ2v) is 6.37. The minimum atomic E-state index is -3.73. The molecule has 2 unspecified atom stereocenters. The predicted octanol–water partition coefficient (Wildman–Crippen LogP) is 0.485. The monoisotopic (exact) mass is 295 g/mol. The SMILES string of the molecule is N#Cc1ccc(S(=O)(=O)NC2CCC(C(=O)O)C2)cn1. The highest BCUT2D eigenvalue weighted by Crippen LogP contribution is 2.26. The molecule has 1 fully saturated rings. The Bertz CT molecular complexity index is 648. The molecule has 1 saturated carbocycles. The normalized spacial score (nSPS) is 22.4. The van der Waals surface area contributed by atoms with E-state index in [1.54, 1.807) is 6.07 Å². The minimum Gasteiger partial charge on any atom is -0.481 e. The van der Waals surface area contributed by atoms with E-state index < -0.39 is 21.9 Å². The summed E-state index contributed by atoms with van der Waals surface area (Å²) in [7, 11) is -3.73. The molecule has 0 saturated heterocycles. The fourth-order valence-corrected chi connectivity index (χ4v) is 3.43. The number of hydrogen-bond donors (Lipinski definition) is 2.